The standard InChI is InChI=1S/C18H20ClN5O/c1-4-5-13-8-12(6-7-14(13)21-3)10-22-18-17(20)15(23-11(2)25)9-16(19)24-18/h4-9H,3,10,20H2,1-2H3,(H2,22,23,24,25)/b5-4-. The fourth-order valence-electron chi connectivity index (χ4n) is 2.31. The van der Waals surface area contributed by atoms with Gasteiger partial charge < -0.3 is 16.4 Å². The second-order valence-electron chi connectivity index (χ2n) is 5.34. The van der Waals surface area contributed by atoms with E-state index in [0.29, 0.717) is 23.7 Å². The molecular weight excluding hydrogens is 338 g/mol. The van der Waals surface area contributed by atoms with Gasteiger partial charge in [0.1, 0.15) is 5.15 Å². The zero-order valence-electron chi connectivity index (χ0n) is 14.1. The van der Waals surface area contributed by atoms with Crippen molar-refractivity contribution in [3.8, 4) is 0 Å². The monoisotopic (exact) mass is 357 g/mol. The maximum atomic E-state index is 11.3. The van der Waals surface area contributed by atoms with Crippen molar-refractivity contribution in [1.29, 1.82) is 0 Å². The van der Waals surface area contributed by atoms with Crippen LogP contribution in [-0.2, 0) is 11.3 Å². The smallest absolute Gasteiger partial charge is 0.221 e. The lowest BCUT2D eigenvalue weighted by atomic mass is 10.1. The Morgan fingerprint density at radius 1 is 1.44 bits per heavy atom. The minimum atomic E-state index is -0.233. The number of nitrogens with zero attached hydrogens (tertiary/aromatic N) is 2. The van der Waals surface area contributed by atoms with Gasteiger partial charge in [0.25, 0.3) is 0 Å². The number of aromatic nitrogens is 1. The van der Waals surface area contributed by atoms with E-state index in [0.717, 1.165) is 16.8 Å². The van der Waals surface area contributed by atoms with E-state index in [1.807, 2.05) is 37.3 Å². The van der Waals surface area contributed by atoms with Crippen LogP contribution in [0.25, 0.3) is 6.08 Å². The van der Waals surface area contributed by atoms with Gasteiger partial charge in [-0.25, -0.2) is 4.98 Å². The lowest BCUT2D eigenvalue weighted by Crippen LogP contribution is -2.11. The van der Waals surface area contributed by atoms with Crippen molar-refractivity contribution in [2.24, 2.45) is 4.99 Å². The number of anilines is 3. The SMILES string of the molecule is C=Nc1ccc(CNc2nc(Cl)cc(NC(C)=O)c2N)cc1/C=C\C. The average molecular weight is 358 g/mol. The molecule has 1 aromatic heterocycles. The van der Waals surface area contributed by atoms with Gasteiger partial charge in [-0.2, -0.15) is 0 Å². The van der Waals surface area contributed by atoms with E-state index >= 15 is 0 Å². The summed E-state index contributed by atoms with van der Waals surface area (Å²) in [5.74, 6) is 0.179. The molecular formula is C18H20ClN5O. The Kier molecular flexibility index (Phi) is 6.14. The van der Waals surface area contributed by atoms with Gasteiger partial charge in [-0.3, -0.25) is 9.79 Å². The molecule has 0 saturated heterocycles. The Morgan fingerprint density at radius 3 is 2.84 bits per heavy atom. The first kappa shape index (κ1) is 18.5. The lowest BCUT2D eigenvalue weighted by molar-refractivity contribution is -0.114. The summed E-state index contributed by atoms with van der Waals surface area (Å²) in [7, 11) is 0. The van der Waals surface area contributed by atoms with Gasteiger partial charge in [0.05, 0.1) is 17.1 Å². The number of allylic oxidation sites excluding steroid dienone is 1. The van der Waals surface area contributed by atoms with Gasteiger partial charge >= 0.3 is 0 Å². The minimum absolute atomic E-state index is 0.233. The van der Waals surface area contributed by atoms with Crippen LogP contribution in [0.3, 0.4) is 0 Å². The maximum absolute atomic E-state index is 11.3. The van der Waals surface area contributed by atoms with E-state index in [4.69, 9.17) is 17.3 Å². The minimum Gasteiger partial charge on any atom is -0.394 e. The van der Waals surface area contributed by atoms with E-state index in [2.05, 4.69) is 27.3 Å². The molecule has 0 bridgehead atoms. The maximum Gasteiger partial charge on any atom is 0.221 e. The average Bonchev–Trinajstić information content (AvgIpc) is 2.56. The second kappa shape index (κ2) is 8.30. The molecule has 1 aromatic carbocycles. The number of pyridine rings is 1. The van der Waals surface area contributed by atoms with Gasteiger partial charge in [0, 0.05) is 25.1 Å². The van der Waals surface area contributed by atoms with E-state index in [-0.39, 0.29) is 11.1 Å². The van der Waals surface area contributed by atoms with Crippen LogP contribution >= 0.6 is 11.6 Å². The summed E-state index contributed by atoms with van der Waals surface area (Å²) >= 11 is 6.01. The molecule has 0 aliphatic heterocycles. The largest absolute Gasteiger partial charge is 0.394 e. The number of carbonyl (C=O) groups is 1. The number of hydrogen-bond donors (Lipinski definition) is 3. The topological polar surface area (TPSA) is 92.4 Å². The fraction of sp³-hybridized carbons (Fsp3) is 0.167. The van der Waals surface area contributed by atoms with Gasteiger partial charge in [0.15, 0.2) is 5.82 Å². The Morgan fingerprint density at radius 2 is 2.20 bits per heavy atom. The van der Waals surface area contributed by atoms with Crippen LogP contribution in [0.4, 0.5) is 22.9 Å². The van der Waals surface area contributed by atoms with Crippen LogP contribution in [0.15, 0.2) is 35.3 Å². The van der Waals surface area contributed by atoms with E-state index in [1.54, 1.807) is 0 Å². The van der Waals surface area contributed by atoms with Crippen LogP contribution in [0.2, 0.25) is 5.15 Å². The fourth-order valence-corrected chi connectivity index (χ4v) is 2.50. The van der Waals surface area contributed by atoms with E-state index in [9.17, 15) is 4.79 Å². The highest BCUT2D eigenvalue weighted by molar-refractivity contribution is 6.30. The number of nitrogen functional groups attached to an aromatic ring is 1. The second-order valence-corrected chi connectivity index (χ2v) is 5.73. The van der Waals surface area contributed by atoms with Crippen LogP contribution in [0.1, 0.15) is 25.0 Å². The zero-order chi connectivity index (χ0) is 18.4. The summed E-state index contributed by atoms with van der Waals surface area (Å²) in [4.78, 5) is 19.4. The third-order valence-corrected chi connectivity index (χ3v) is 3.60. The first-order valence-electron chi connectivity index (χ1n) is 7.64. The molecule has 6 nitrogen and oxygen atoms in total. The highest BCUT2D eigenvalue weighted by atomic mass is 35.5. The molecule has 0 aliphatic rings. The molecule has 7 heteroatoms. The molecule has 0 saturated carbocycles. The molecule has 0 atom stereocenters. The molecule has 0 aliphatic carbocycles. The number of nitrogens with two attached hydrogens (primary N) is 1. The number of nitrogens with one attached hydrogen (secondary N) is 2. The van der Waals surface area contributed by atoms with Crippen molar-refractivity contribution in [2.75, 3.05) is 16.4 Å². The molecule has 130 valence electrons. The van der Waals surface area contributed by atoms with Crippen molar-refractivity contribution in [3.63, 3.8) is 0 Å². The molecule has 25 heavy (non-hydrogen) atoms. The van der Waals surface area contributed by atoms with Crippen LogP contribution in [0, 0.1) is 0 Å². The van der Waals surface area contributed by atoms with Crippen molar-refractivity contribution in [3.05, 3.63) is 46.6 Å². The first-order chi connectivity index (χ1) is 11.9. The Bertz CT molecular complexity index is 832. The molecule has 1 amide bonds. The number of rotatable bonds is 6. The molecule has 0 radical (unpaired) electrons. The van der Waals surface area contributed by atoms with Crippen molar-refractivity contribution < 1.29 is 4.79 Å². The van der Waals surface area contributed by atoms with Gasteiger partial charge in [0.2, 0.25) is 5.91 Å². The summed E-state index contributed by atoms with van der Waals surface area (Å²) in [5, 5.41) is 6.02. The third kappa shape index (κ3) is 4.81. The lowest BCUT2D eigenvalue weighted by Gasteiger charge is -2.13. The summed E-state index contributed by atoms with van der Waals surface area (Å²) in [5.41, 5.74) is 9.62. The van der Waals surface area contributed by atoms with Gasteiger partial charge in [-0.05, 0) is 31.3 Å². The molecule has 4 N–H and O–H groups in total. The Balaban J connectivity index is 2.24. The van der Waals surface area contributed by atoms with Crippen molar-refractivity contribution >= 4 is 53.2 Å². The van der Waals surface area contributed by atoms with E-state index < -0.39 is 0 Å². The molecule has 0 spiro atoms. The number of amides is 1. The van der Waals surface area contributed by atoms with Crippen molar-refractivity contribution in [1.82, 2.24) is 4.98 Å². The predicted molar refractivity (Wildman–Crippen MR) is 106 cm³/mol. The summed E-state index contributed by atoms with van der Waals surface area (Å²) in [6, 6.07) is 7.36. The quantitative estimate of drug-likeness (QED) is 0.532. The van der Waals surface area contributed by atoms with E-state index in [1.165, 1.54) is 13.0 Å². The molecule has 1 heterocycles. The Hall–Kier alpha value is -2.86. The molecule has 0 fully saturated rings. The first-order valence-corrected chi connectivity index (χ1v) is 8.02. The van der Waals surface area contributed by atoms with Crippen LogP contribution in [-0.4, -0.2) is 17.6 Å². The number of benzene rings is 1. The summed E-state index contributed by atoms with van der Waals surface area (Å²) in [6.07, 6.45) is 3.91. The highest BCUT2D eigenvalue weighted by Gasteiger charge is 2.10. The highest BCUT2D eigenvalue weighted by Crippen LogP contribution is 2.29. The number of hydrogen-bond acceptors (Lipinski definition) is 5. The van der Waals surface area contributed by atoms with Crippen LogP contribution < -0.4 is 16.4 Å². The van der Waals surface area contributed by atoms with Crippen molar-refractivity contribution in [2.45, 2.75) is 20.4 Å². The van der Waals surface area contributed by atoms with Gasteiger partial charge in [-0.1, -0.05) is 29.8 Å². The van der Waals surface area contributed by atoms with Crippen LogP contribution in [0.5, 0.6) is 0 Å². The van der Waals surface area contributed by atoms with Gasteiger partial charge in [-0.15, -0.1) is 0 Å². The number of carbonyl (C=O) groups excluding carboxylic acids is 1. The number of halogens is 1. The zero-order valence-corrected chi connectivity index (χ0v) is 14.9. The summed E-state index contributed by atoms with van der Waals surface area (Å²) < 4.78 is 0. The predicted octanol–water partition coefficient (Wildman–Crippen LogP) is 4.25. The molecule has 0 unspecified atom stereocenters. The normalized spacial score (nSPS) is 10.7. The Labute approximate surface area is 151 Å². The molecule has 2 rings (SSSR count). The third-order valence-electron chi connectivity index (χ3n) is 3.41. The summed E-state index contributed by atoms with van der Waals surface area (Å²) in [6.45, 7) is 7.41. The number of aliphatic imine (C=N–C) groups is 1. The molecule has 2 aromatic rings.